The molecule has 3 heteroatoms. The summed E-state index contributed by atoms with van der Waals surface area (Å²) in [7, 11) is 1.89. The minimum Gasteiger partial charge on any atom is -0.382 e. The molecule has 0 aliphatic carbocycles. The molecule has 2 aromatic rings. The van der Waals surface area contributed by atoms with Crippen LogP contribution in [0.2, 0.25) is 0 Å². The number of anilines is 1. The molecule has 0 fully saturated rings. The Kier molecular flexibility index (Phi) is 1.77. The molecule has 13 heavy (non-hydrogen) atoms. The second-order valence-electron chi connectivity index (χ2n) is 2.94. The van der Waals surface area contributed by atoms with Crippen LogP contribution in [0.5, 0.6) is 0 Å². The largest absolute Gasteiger partial charge is 0.382 e. The Morgan fingerprint density at radius 1 is 1.23 bits per heavy atom. The van der Waals surface area contributed by atoms with Crippen molar-refractivity contribution in [1.82, 2.24) is 9.78 Å². The molecule has 0 aliphatic rings. The number of benzene rings is 1. The molecule has 1 aromatic heterocycles. The van der Waals surface area contributed by atoms with Crippen molar-refractivity contribution in [1.29, 1.82) is 0 Å². The summed E-state index contributed by atoms with van der Waals surface area (Å²) >= 11 is 0. The minimum atomic E-state index is 0.557. The lowest BCUT2D eigenvalue weighted by Crippen LogP contribution is -1.94. The Hall–Kier alpha value is -1.77. The van der Waals surface area contributed by atoms with Crippen molar-refractivity contribution in [3.05, 3.63) is 36.4 Å². The van der Waals surface area contributed by atoms with Crippen LogP contribution in [-0.2, 0) is 7.05 Å². The van der Waals surface area contributed by atoms with Crippen LogP contribution in [0.25, 0.3) is 11.3 Å². The van der Waals surface area contributed by atoms with E-state index in [0.29, 0.717) is 5.82 Å². The summed E-state index contributed by atoms with van der Waals surface area (Å²) in [4.78, 5) is 0. The Labute approximate surface area is 76.8 Å². The van der Waals surface area contributed by atoms with E-state index < -0.39 is 0 Å². The van der Waals surface area contributed by atoms with Crippen LogP contribution in [0, 0.1) is 0 Å². The van der Waals surface area contributed by atoms with Gasteiger partial charge in [0.2, 0.25) is 0 Å². The molecule has 2 rings (SSSR count). The van der Waals surface area contributed by atoms with Crippen molar-refractivity contribution in [2.24, 2.45) is 7.05 Å². The molecule has 0 aliphatic heterocycles. The van der Waals surface area contributed by atoms with Gasteiger partial charge in [-0.25, -0.2) is 0 Å². The number of nitrogens with two attached hydrogens (primary N) is 1. The van der Waals surface area contributed by atoms with E-state index in [1.165, 1.54) is 0 Å². The van der Waals surface area contributed by atoms with Crippen LogP contribution in [-0.4, -0.2) is 9.78 Å². The Morgan fingerprint density at radius 2 is 1.92 bits per heavy atom. The zero-order valence-corrected chi connectivity index (χ0v) is 7.44. The predicted octanol–water partition coefficient (Wildman–Crippen LogP) is 1.67. The van der Waals surface area contributed by atoms with Gasteiger partial charge in [-0.3, -0.25) is 4.68 Å². The molecule has 2 N–H and O–H groups in total. The molecule has 0 bridgehead atoms. The van der Waals surface area contributed by atoms with Gasteiger partial charge in [0.15, 0.2) is 0 Å². The van der Waals surface area contributed by atoms with Gasteiger partial charge in [0.25, 0.3) is 0 Å². The van der Waals surface area contributed by atoms with E-state index in [1.807, 2.05) is 43.4 Å². The summed E-state index contributed by atoms with van der Waals surface area (Å²) < 4.78 is 1.78. The van der Waals surface area contributed by atoms with Crippen LogP contribution < -0.4 is 5.73 Å². The van der Waals surface area contributed by atoms with Gasteiger partial charge in [0.05, 0.1) is 5.69 Å². The Bertz CT molecular complexity index is 403. The smallest absolute Gasteiger partial charge is 0.146 e. The van der Waals surface area contributed by atoms with Crippen LogP contribution in [0.1, 0.15) is 0 Å². The first-order valence-corrected chi connectivity index (χ1v) is 4.12. The quantitative estimate of drug-likeness (QED) is 0.712. The topological polar surface area (TPSA) is 43.8 Å². The highest BCUT2D eigenvalue weighted by Gasteiger charge is 2.03. The summed E-state index contributed by atoms with van der Waals surface area (Å²) in [6.07, 6.45) is 0. The zero-order valence-electron chi connectivity index (χ0n) is 7.44. The van der Waals surface area contributed by atoms with Crippen LogP contribution in [0.3, 0.4) is 0 Å². The van der Waals surface area contributed by atoms with E-state index in [0.717, 1.165) is 11.3 Å². The first-order chi connectivity index (χ1) is 6.27. The van der Waals surface area contributed by atoms with E-state index in [-0.39, 0.29) is 0 Å². The molecule has 0 saturated carbocycles. The molecule has 0 saturated heterocycles. The second-order valence-corrected chi connectivity index (χ2v) is 2.94. The first-order valence-electron chi connectivity index (χ1n) is 4.12. The monoisotopic (exact) mass is 173 g/mol. The first kappa shape index (κ1) is 7.86. The fourth-order valence-electron chi connectivity index (χ4n) is 1.37. The normalized spacial score (nSPS) is 10.2. The third-order valence-electron chi connectivity index (χ3n) is 1.97. The lowest BCUT2D eigenvalue weighted by Gasteiger charge is -1.99. The van der Waals surface area contributed by atoms with Gasteiger partial charge in [0, 0.05) is 13.1 Å². The maximum absolute atomic E-state index is 5.58. The molecule has 0 atom stereocenters. The maximum Gasteiger partial charge on any atom is 0.146 e. The summed E-state index contributed by atoms with van der Waals surface area (Å²) in [5.41, 5.74) is 7.76. The SMILES string of the molecule is Cn1nc(N)cc1-c1ccccc1. The number of aryl methyl sites for hydroxylation is 1. The van der Waals surface area contributed by atoms with Crippen molar-refractivity contribution in [3.63, 3.8) is 0 Å². The number of hydrogen-bond acceptors (Lipinski definition) is 2. The van der Waals surface area contributed by atoms with Gasteiger partial charge in [-0.15, -0.1) is 0 Å². The molecule has 66 valence electrons. The highest BCUT2D eigenvalue weighted by molar-refractivity contribution is 5.62. The number of rotatable bonds is 1. The molecule has 1 aromatic carbocycles. The summed E-state index contributed by atoms with van der Waals surface area (Å²) in [5, 5.41) is 4.08. The van der Waals surface area contributed by atoms with Crippen LogP contribution >= 0.6 is 0 Å². The van der Waals surface area contributed by atoms with Gasteiger partial charge in [0.1, 0.15) is 5.82 Å². The van der Waals surface area contributed by atoms with E-state index >= 15 is 0 Å². The molecule has 0 radical (unpaired) electrons. The maximum atomic E-state index is 5.58. The van der Waals surface area contributed by atoms with E-state index in [2.05, 4.69) is 5.10 Å². The molecule has 0 unspecified atom stereocenters. The average Bonchev–Trinajstić information content (AvgIpc) is 2.47. The van der Waals surface area contributed by atoms with Crippen molar-refractivity contribution >= 4 is 5.82 Å². The number of nitrogen functional groups attached to an aromatic ring is 1. The molecular formula is C10H11N3. The summed E-state index contributed by atoms with van der Waals surface area (Å²) in [6, 6.07) is 11.9. The molecule has 0 amide bonds. The van der Waals surface area contributed by atoms with Gasteiger partial charge < -0.3 is 5.73 Å². The molecule has 0 spiro atoms. The fraction of sp³-hybridized carbons (Fsp3) is 0.100. The zero-order chi connectivity index (χ0) is 9.26. The van der Waals surface area contributed by atoms with E-state index in [9.17, 15) is 0 Å². The van der Waals surface area contributed by atoms with Crippen LogP contribution in [0.15, 0.2) is 36.4 Å². The fourth-order valence-corrected chi connectivity index (χ4v) is 1.37. The van der Waals surface area contributed by atoms with E-state index in [4.69, 9.17) is 5.73 Å². The molecule has 3 nitrogen and oxygen atoms in total. The predicted molar refractivity (Wildman–Crippen MR) is 53.1 cm³/mol. The average molecular weight is 173 g/mol. The van der Waals surface area contributed by atoms with Gasteiger partial charge in [-0.2, -0.15) is 5.10 Å². The Balaban J connectivity index is 2.53. The van der Waals surface area contributed by atoms with Crippen LogP contribution in [0.4, 0.5) is 5.82 Å². The summed E-state index contributed by atoms with van der Waals surface area (Å²) in [5.74, 6) is 0.557. The Morgan fingerprint density at radius 3 is 2.46 bits per heavy atom. The van der Waals surface area contributed by atoms with Gasteiger partial charge in [-0.05, 0) is 5.56 Å². The van der Waals surface area contributed by atoms with Crippen molar-refractivity contribution in [3.8, 4) is 11.3 Å². The molecular weight excluding hydrogens is 162 g/mol. The molecule has 1 heterocycles. The van der Waals surface area contributed by atoms with E-state index in [1.54, 1.807) is 4.68 Å². The van der Waals surface area contributed by atoms with Crippen molar-refractivity contribution < 1.29 is 0 Å². The van der Waals surface area contributed by atoms with Gasteiger partial charge in [-0.1, -0.05) is 30.3 Å². The lowest BCUT2D eigenvalue weighted by molar-refractivity contribution is 0.780. The number of hydrogen-bond donors (Lipinski definition) is 1. The minimum absolute atomic E-state index is 0.557. The lowest BCUT2D eigenvalue weighted by atomic mass is 10.1. The highest BCUT2D eigenvalue weighted by atomic mass is 15.3. The third kappa shape index (κ3) is 1.40. The third-order valence-corrected chi connectivity index (χ3v) is 1.97. The van der Waals surface area contributed by atoms with Crippen molar-refractivity contribution in [2.75, 3.05) is 5.73 Å². The standard InChI is InChI=1S/C10H11N3/c1-13-9(7-10(11)12-13)8-5-3-2-4-6-8/h2-7H,1H3,(H2,11,12). The van der Waals surface area contributed by atoms with Gasteiger partial charge >= 0.3 is 0 Å². The van der Waals surface area contributed by atoms with Crippen molar-refractivity contribution in [2.45, 2.75) is 0 Å². The highest BCUT2D eigenvalue weighted by Crippen LogP contribution is 2.19. The summed E-state index contributed by atoms with van der Waals surface area (Å²) in [6.45, 7) is 0. The second kappa shape index (κ2) is 2.94. The number of aromatic nitrogens is 2. The number of nitrogens with zero attached hydrogens (tertiary/aromatic N) is 2.